The Labute approximate surface area is 116 Å². The Kier molecular flexibility index (Phi) is 5.41. The summed E-state index contributed by atoms with van der Waals surface area (Å²) in [6.45, 7) is 6.14. The van der Waals surface area contributed by atoms with Gasteiger partial charge in [-0.1, -0.05) is 24.0 Å². The van der Waals surface area contributed by atoms with Crippen molar-refractivity contribution in [3.05, 3.63) is 35.4 Å². The maximum Gasteiger partial charge on any atom is 0.0555 e. The Morgan fingerprint density at radius 1 is 1.21 bits per heavy atom. The molecule has 1 aliphatic heterocycles. The minimum atomic E-state index is 0.419. The molecule has 2 rings (SSSR count). The summed E-state index contributed by atoms with van der Waals surface area (Å²) in [5, 5.41) is 0. The van der Waals surface area contributed by atoms with E-state index < -0.39 is 0 Å². The molecule has 0 bridgehead atoms. The predicted molar refractivity (Wildman–Crippen MR) is 79.8 cm³/mol. The molecule has 102 valence electrons. The Morgan fingerprint density at radius 2 is 2.11 bits per heavy atom. The first-order chi connectivity index (χ1) is 9.28. The van der Waals surface area contributed by atoms with Crippen LogP contribution in [0.25, 0.3) is 0 Å². The molecule has 19 heavy (non-hydrogen) atoms. The smallest absolute Gasteiger partial charge is 0.0555 e. The Hall–Kier alpha value is -1.34. The summed E-state index contributed by atoms with van der Waals surface area (Å²) in [4.78, 5) is 4.93. The van der Waals surface area contributed by atoms with Gasteiger partial charge in [0.05, 0.1) is 6.54 Å². The van der Waals surface area contributed by atoms with Gasteiger partial charge in [0.1, 0.15) is 0 Å². The molecule has 0 amide bonds. The Morgan fingerprint density at radius 3 is 2.95 bits per heavy atom. The van der Waals surface area contributed by atoms with Gasteiger partial charge in [-0.25, -0.2) is 0 Å². The molecule has 0 unspecified atom stereocenters. The van der Waals surface area contributed by atoms with Gasteiger partial charge in [0, 0.05) is 25.2 Å². The highest BCUT2D eigenvalue weighted by Crippen LogP contribution is 2.10. The fourth-order valence-corrected chi connectivity index (χ4v) is 2.42. The summed E-state index contributed by atoms with van der Waals surface area (Å²) in [5.74, 6) is 6.01. The van der Waals surface area contributed by atoms with Crippen LogP contribution < -0.4 is 5.73 Å². The summed E-state index contributed by atoms with van der Waals surface area (Å²) in [6.07, 6.45) is 1.25. The van der Waals surface area contributed by atoms with Crippen LogP contribution >= 0.6 is 0 Å². The van der Waals surface area contributed by atoms with E-state index in [9.17, 15) is 0 Å². The number of nitrogens with zero attached hydrogens (tertiary/aromatic N) is 2. The van der Waals surface area contributed by atoms with Crippen LogP contribution in [0.15, 0.2) is 24.3 Å². The normalized spacial score (nSPS) is 17.6. The molecule has 1 saturated heterocycles. The number of hydrogen-bond donors (Lipinski definition) is 1. The molecule has 1 aromatic carbocycles. The van der Waals surface area contributed by atoms with Crippen LogP contribution in [-0.2, 0) is 6.54 Å². The van der Waals surface area contributed by atoms with Crippen molar-refractivity contribution in [1.29, 1.82) is 0 Å². The van der Waals surface area contributed by atoms with Crippen LogP contribution in [0.5, 0.6) is 0 Å². The standard InChI is InChI=1S/C16H23N3/c1-18-9-4-10-19(12-11-18)14-16-6-2-5-15(13-16)7-3-8-17/h2,5-6,13H,4,8-12,14,17H2,1H3. The molecule has 1 aromatic rings. The highest BCUT2D eigenvalue weighted by molar-refractivity contribution is 5.37. The van der Waals surface area contributed by atoms with E-state index >= 15 is 0 Å². The average Bonchev–Trinajstić information content (AvgIpc) is 2.62. The number of hydrogen-bond acceptors (Lipinski definition) is 3. The zero-order chi connectivity index (χ0) is 13.5. The molecule has 3 nitrogen and oxygen atoms in total. The molecular weight excluding hydrogens is 234 g/mol. The van der Waals surface area contributed by atoms with E-state index in [0.717, 1.165) is 25.2 Å². The van der Waals surface area contributed by atoms with Crippen molar-refractivity contribution in [2.45, 2.75) is 13.0 Å². The summed E-state index contributed by atoms with van der Waals surface area (Å²) < 4.78 is 0. The fraction of sp³-hybridized carbons (Fsp3) is 0.500. The molecule has 0 aromatic heterocycles. The van der Waals surface area contributed by atoms with Gasteiger partial charge >= 0.3 is 0 Å². The molecule has 0 atom stereocenters. The molecule has 3 heteroatoms. The molecule has 1 heterocycles. The molecule has 0 saturated carbocycles. The lowest BCUT2D eigenvalue weighted by atomic mass is 10.1. The van der Waals surface area contributed by atoms with Gasteiger partial charge in [-0.15, -0.1) is 0 Å². The van der Waals surface area contributed by atoms with Crippen LogP contribution in [-0.4, -0.2) is 49.6 Å². The second-order valence-electron chi connectivity index (χ2n) is 5.14. The van der Waals surface area contributed by atoms with Crippen molar-refractivity contribution in [2.75, 3.05) is 39.8 Å². The largest absolute Gasteiger partial charge is 0.320 e. The minimum Gasteiger partial charge on any atom is -0.320 e. The summed E-state index contributed by atoms with van der Waals surface area (Å²) in [6, 6.07) is 8.49. The summed E-state index contributed by atoms with van der Waals surface area (Å²) >= 11 is 0. The first kappa shape index (κ1) is 14.1. The van der Waals surface area contributed by atoms with Crippen molar-refractivity contribution in [2.24, 2.45) is 5.73 Å². The van der Waals surface area contributed by atoms with E-state index in [1.165, 1.54) is 25.1 Å². The molecular formula is C16H23N3. The van der Waals surface area contributed by atoms with Crippen molar-refractivity contribution >= 4 is 0 Å². The minimum absolute atomic E-state index is 0.419. The van der Waals surface area contributed by atoms with E-state index in [-0.39, 0.29) is 0 Å². The highest BCUT2D eigenvalue weighted by atomic mass is 15.2. The van der Waals surface area contributed by atoms with Crippen LogP contribution in [0.3, 0.4) is 0 Å². The topological polar surface area (TPSA) is 32.5 Å². The lowest BCUT2D eigenvalue weighted by Gasteiger charge is -2.20. The second kappa shape index (κ2) is 7.30. The van der Waals surface area contributed by atoms with Gasteiger partial charge in [0.25, 0.3) is 0 Å². The maximum atomic E-state index is 5.41. The molecule has 1 fully saturated rings. The predicted octanol–water partition coefficient (Wildman–Crippen LogP) is 1.13. The van der Waals surface area contributed by atoms with Gasteiger partial charge in [-0.05, 0) is 44.3 Å². The van der Waals surface area contributed by atoms with Gasteiger partial charge in [-0.3, -0.25) is 4.90 Å². The van der Waals surface area contributed by atoms with E-state index in [0.29, 0.717) is 6.54 Å². The summed E-state index contributed by atoms with van der Waals surface area (Å²) in [5.41, 5.74) is 7.81. The molecule has 0 aliphatic carbocycles. The monoisotopic (exact) mass is 257 g/mol. The van der Waals surface area contributed by atoms with Gasteiger partial charge < -0.3 is 10.6 Å². The van der Waals surface area contributed by atoms with Crippen LogP contribution in [0.1, 0.15) is 17.5 Å². The lowest BCUT2D eigenvalue weighted by molar-refractivity contribution is 0.269. The Bertz CT molecular complexity index is 459. The molecule has 0 spiro atoms. The summed E-state index contributed by atoms with van der Waals surface area (Å²) in [7, 11) is 2.20. The van der Waals surface area contributed by atoms with E-state index in [1.54, 1.807) is 0 Å². The van der Waals surface area contributed by atoms with Gasteiger partial charge in [-0.2, -0.15) is 0 Å². The third-order valence-corrected chi connectivity index (χ3v) is 3.48. The van der Waals surface area contributed by atoms with Crippen molar-refractivity contribution in [1.82, 2.24) is 9.80 Å². The molecule has 0 radical (unpaired) electrons. The number of likely N-dealkylation sites (N-methyl/N-ethyl adjacent to an activating group) is 1. The first-order valence-electron chi connectivity index (χ1n) is 6.97. The second-order valence-corrected chi connectivity index (χ2v) is 5.14. The van der Waals surface area contributed by atoms with Crippen molar-refractivity contribution in [3.63, 3.8) is 0 Å². The third kappa shape index (κ3) is 4.68. The number of rotatable bonds is 2. The molecule has 1 aliphatic rings. The molecule has 2 N–H and O–H groups in total. The fourth-order valence-electron chi connectivity index (χ4n) is 2.42. The van der Waals surface area contributed by atoms with Crippen molar-refractivity contribution in [3.8, 4) is 11.8 Å². The van der Waals surface area contributed by atoms with Crippen LogP contribution in [0.4, 0.5) is 0 Å². The van der Waals surface area contributed by atoms with E-state index in [4.69, 9.17) is 5.73 Å². The van der Waals surface area contributed by atoms with Gasteiger partial charge in [0.15, 0.2) is 0 Å². The number of nitrogens with two attached hydrogens (primary N) is 1. The highest BCUT2D eigenvalue weighted by Gasteiger charge is 2.12. The average molecular weight is 257 g/mol. The van der Waals surface area contributed by atoms with Crippen LogP contribution in [0.2, 0.25) is 0 Å². The zero-order valence-electron chi connectivity index (χ0n) is 11.7. The maximum absolute atomic E-state index is 5.41. The first-order valence-corrected chi connectivity index (χ1v) is 6.97. The van der Waals surface area contributed by atoms with E-state index in [2.05, 4.69) is 46.9 Å². The Balaban J connectivity index is 1.98. The SMILES string of the molecule is CN1CCCN(Cc2cccc(C#CCN)c2)CC1. The third-order valence-electron chi connectivity index (χ3n) is 3.48. The van der Waals surface area contributed by atoms with Crippen molar-refractivity contribution < 1.29 is 0 Å². The lowest BCUT2D eigenvalue weighted by Crippen LogP contribution is -2.28. The van der Waals surface area contributed by atoms with Crippen LogP contribution in [0, 0.1) is 11.8 Å². The number of benzene rings is 1. The van der Waals surface area contributed by atoms with Gasteiger partial charge in [0.2, 0.25) is 0 Å². The van der Waals surface area contributed by atoms with E-state index in [1.807, 2.05) is 6.07 Å². The zero-order valence-corrected chi connectivity index (χ0v) is 11.7. The quantitative estimate of drug-likeness (QED) is 0.806.